The molecule has 2 heterocycles. The number of hydrogen-bond acceptors (Lipinski definition) is 4. The Bertz CT molecular complexity index is 727. The van der Waals surface area contributed by atoms with Gasteiger partial charge in [0, 0.05) is 13.6 Å². The van der Waals surface area contributed by atoms with Crippen molar-refractivity contribution in [3.05, 3.63) is 40.2 Å². The minimum Gasteiger partial charge on any atom is -0.486 e. The molecule has 0 atom stereocenters. The highest BCUT2D eigenvalue weighted by Gasteiger charge is 2.19. The van der Waals surface area contributed by atoms with Crippen LogP contribution in [0.4, 0.5) is 0 Å². The number of aromatic nitrogens is 2. The lowest BCUT2D eigenvalue weighted by molar-refractivity contribution is 0.0950. The topological polar surface area (TPSA) is 65.4 Å². The largest absolute Gasteiger partial charge is 0.486 e. The van der Waals surface area contributed by atoms with Gasteiger partial charge in [0.2, 0.25) is 0 Å². The van der Waals surface area contributed by atoms with Gasteiger partial charge in [0.25, 0.3) is 5.91 Å². The van der Waals surface area contributed by atoms with E-state index in [2.05, 4.69) is 10.4 Å². The molecule has 0 radical (unpaired) electrons. The first kappa shape index (κ1) is 14.7. The van der Waals surface area contributed by atoms with Crippen molar-refractivity contribution >= 4 is 17.5 Å². The molecule has 3 rings (SSSR count). The molecular weight excluding hydrogens is 306 g/mol. The zero-order valence-corrected chi connectivity index (χ0v) is 13.1. The van der Waals surface area contributed by atoms with Crippen molar-refractivity contribution in [3.63, 3.8) is 0 Å². The predicted octanol–water partition coefficient (Wildman–Crippen LogP) is 2.08. The summed E-state index contributed by atoms with van der Waals surface area (Å²) >= 11 is 6.09. The SMILES string of the molecule is Cc1nn(C)c(Cl)c1C(=O)NCc1ccc2c(c1)OCCO2. The van der Waals surface area contributed by atoms with Gasteiger partial charge in [0.1, 0.15) is 18.4 Å². The van der Waals surface area contributed by atoms with E-state index >= 15 is 0 Å². The molecule has 1 N–H and O–H groups in total. The molecule has 0 fully saturated rings. The van der Waals surface area contributed by atoms with Crippen molar-refractivity contribution in [3.8, 4) is 11.5 Å². The van der Waals surface area contributed by atoms with Crippen LogP contribution in [-0.2, 0) is 13.6 Å². The summed E-state index contributed by atoms with van der Waals surface area (Å²) in [7, 11) is 1.70. The fraction of sp³-hybridized carbons (Fsp3) is 0.333. The van der Waals surface area contributed by atoms with Crippen molar-refractivity contribution < 1.29 is 14.3 Å². The molecular formula is C15H16ClN3O3. The first-order valence-electron chi connectivity index (χ1n) is 6.92. The van der Waals surface area contributed by atoms with Crippen LogP contribution in [0.15, 0.2) is 18.2 Å². The van der Waals surface area contributed by atoms with Gasteiger partial charge in [-0.3, -0.25) is 9.48 Å². The maximum Gasteiger partial charge on any atom is 0.256 e. The van der Waals surface area contributed by atoms with E-state index in [1.165, 1.54) is 4.68 Å². The summed E-state index contributed by atoms with van der Waals surface area (Å²) in [6.07, 6.45) is 0. The monoisotopic (exact) mass is 321 g/mol. The standard InChI is InChI=1S/C15H16ClN3O3/c1-9-13(14(16)19(2)18-9)15(20)17-8-10-3-4-11-12(7-10)22-6-5-21-11/h3-4,7H,5-6,8H2,1-2H3,(H,17,20). The Morgan fingerprint density at radius 1 is 1.36 bits per heavy atom. The van der Waals surface area contributed by atoms with Gasteiger partial charge in [0.15, 0.2) is 11.5 Å². The molecule has 0 saturated carbocycles. The van der Waals surface area contributed by atoms with Crippen molar-refractivity contribution in [1.29, 1.82) is 0 Å². The molecule has 22 heavy (non-hydrogen) atoms. The maximum atomic E-state index is 12.3. The van der Waals surface area contributed by atoms with Crippen molar-refractivity contribution in [2.24, 2.45) is 7.05 Å². The minimum atomic E-state index is -0.245. The van der Waals surface area contributed by atoms with Crippen LogP contribution in [0.25, 0.3) is 0 Å². The third-order valence-electron chi connectivity index (χ3n) is 3.44. The lowest BCUT2D eigenvalue weighted by atomic mass is 10.2. The number of amides is 1. The maximum absolute atomic E-state index is 12.3. The van der Waals surface area contributed by atoms with Crippen LogP contribution < -0.4 is 14.8 Å². The number of nitrogens with zero attached hydrogens (tertiary/aromatic N) is 2. The summed E-state index contributed by atoms with van der Waals surface area (Å²) in [6, 6.07) is 5.61. The van der Waals surface area contributed by atoms with E-state index in [1.54, 1.807) is 14.0 Å². The third kappa shape index (κ3) is 2.74. The van der Waals surface area contributed by atoms with Gasteiger partial charge in [-0.2, -0.15) is 5.10 Å². The molecule has 6 nitrogen and oxygen atoms in total. The van der Waals surface area contributed by atoms with E-state index in [0.717, 1.165) is 11.3 Å². The fourth-order valence-electron chi connectivity index (χ4n) is 2.36. The Morgan fingerprint density at radius 3 is 2.77 bits per heavy atom. The van der Waals surface area contributed by atoms with Crippen LogP contribution in [0, 0.1) is 6.92 Å². The number of carbonyl (C=O) groups excluding carboxylic acids is 1. The number of rotatable bonds is 3. The van der Waals surface area contributed by atoms with Gasteiger partial charge >= 0.3 is 0 Å². The van der Waals surface area contributed by atoms with Gasteiger partial charge < -0.3 is 14.8 Å². The molecule has 7 heteroatoms. The third-order valence-corrected chi connectivity index (χ3v) is 3.87. The predicted molar refractivity (Wildman–Crippen MR) is 81.6 cm³/mol. The smallest absolute Gasteiger partial charge is 0.256 e. The zero-order valence-electron chi connectivity index (χ0n) is 12.4. The van der Waals surface area contributed by atoms with Crippen LogP contribution in [0.3, 0.4) is 0 Å². The van der Waals surface area contributed by atoms with Gasteiger partial charge in [-0.25, -0.2) is 0 Å². The van der Waals surface area contributed by atoms with Crippen LogP contribution in [0.2, 0.25) is 5.15 Å². The number of nitrogens with one attached hydrogen (secondary N) is 1. The summed E-state index contributed by atoms with van der Waals surface area (Å²) in [5.41, 5.74) is 1.93. The Kier molecular flexibility index (Phi) is 3.94. The van der Waals surface area contributed by atoms with Crippen LogP contribution in [-0.4, -0.2) is 28.9 Å². The summed E-state index contributed by atoms with van der Waals surface area (Å²) in [4.78, 5) is 12.3. The Balaban J connectivity index is 1.71. The number of aryl methyl sites for hydroxylation is 2. The minimum absolute atomic E-state index is 0.245. The highest BCUT2D eigenvalue weighted by atomic mass is 35.5. The second-order valence-electron chi connectivity index (χ2n) is 5.04. The molecule has 1 aromatic heterocycles. The number of fused-ring (bicyclic) bond motifs is 1. The number of benzene rings is 1. The molecule has 2 aromatic rings. The van der Waals surface area contributed by atoms with Gasteiger partial charge in [0.05, 0.1) is 11.3 Å². The average Bonchev–Trinajstić information content (AvgIpc) is 2.77. The summed E-state index contributed by atoms with van der Waals surface area (Å²) < 4.78 is 12.5. The Hall–Kier alpha value is -2.21. The van der Waals surface area contributed by atoms with Crippen molar-refractivity contribution in [2.75, 3.05) is 13.2 Å². The van der Waals surface area contributed by atoms with E-state index in [0.29, 0.717) is 41.9 Å². The molecule has 1 aliphatic heterocycles. The molecule has 1 aliphatic rings. The number of carbonyl (C=O) groups is 1. The average molecular weight is 322 g/mol. The van der Waals surface area contributed by atoms with E-state index < -0.39 is 0 Å². The van der Waals surface area contributed by atoms with Crippen LogP contribution >= 0.6 is 11.6 Å². The second kappa shape index (κ2) is 5.88. The molecule has 116 valence electrons. The Labute approximate surface area is 133 Å². The molecule has 0 bridgehead atoms. The van der Waals surface area contributed by atoms with Crippen molar-refractivity contribution in [2.45, 2.75) is 13.5 Å². The van der Waals surface area contributed by atoms with Crippen LogP contribution in [0.1, 0.15) is 21.6 Å². The molecule has 0 saturated heterocycles. The molecule has 0 unspecified atom stereocenters. The van der Waals surface area contributed by atoms with Gasteiger partial charge in [-0.15, -0.1) is 0 Å². The summed E-state index contributed by atoms with van der Waals surface area (Å²) in [5, 5.41) is 7.31. The van der Waals surface area contributed by atoms with E-state index in [9.17, 15) is 4.79 Å². The number of hydrogen-bond donors (Lipinski definition) is 1. The summed E-state index contributed by atoms with van der Waals surface area (Å²) in [5.74, 6) is 1.19. The van der Waals surface area contributed by atoms with Gasteiger partial charge in [-0.1, -0.05) is 17.7 Å². The second-order valence-corrected chi connectivity index (χ2v) is 5.39. The molecule has 1 amide bonds. The lowest BCUT2D eigenvalue weighted by Gasteiger charge is -2.19. The van der Waals surface area contributed by atoms with E-state index in [1.807, 2.05) is 18.2 Å². The number of ether oxygens (including phenoxy) is 2. The first-order chi connectivity index (χ1) is 10.6. The molecule has 1 aromatic carbocycles. The van der Waals surface area contributed by atoms with Gasteiger partial charge in [-0.05, 0) is 24.6 Å². The fourth-order valence-corrected chi connectivity index (χ4v) is 2.62. The normalized spacial score (nSPS) is 13.0. The summed E-state index contributed by atoms with van der Waals surface area (Å²) in [6.45, 7) is 3.22. The van der Waals surface area contributed by atoms with E-state index in [4.69, 9.17) is 21.1 Å². The highest BCUT2D eigenvalue weighted by molar-refractivity contribution is 6.33. The first-order valence-corrected chi connectivity index (χ1v) is 7.30. The Morgan fingerprint density at radius 2 is 2.09 bits per heavy atom. The number of halogens is 1. The molecule has 0 spiro atoms. The quantitative estimate of drug-likeness (QED) is 0.940. The van der Waals surface area contributed by atoms with Crippen molar-refractivity contribution in [1.82, 2.24) is 15.1 Å². The lowest BCUT2D eigenvalue weighted by Crippen LogP contribution is -2.23. The molecule has 0 aliphatic carbocycles. The zero-order chi connectivity index (χ0) is 15.7. The highest BCUT2D eigenvalue weighted by Crippen LogP contribution is 2.30. The van der Waals surface area contributed by atoms with E-state index in [-0.39, 0.29) is 5.91 Å². The van der Waals surface area contributed by atoms with Crippen LogP contribution in [0.5, 0.6) is 11.5 Å².